The third kappa shape index (κ3) is 5.62. The summed E-state index contributed by atoms with van der Waals surface area (Å²) < 4.78 is 39.5. The molecule has 1 aliphatic rings. The molecular formula is C20H23F3N6O3. The number of nitrogens with zero attached hydrogens (tertiary/aromatic N) is 6. The maximum Gasteiger partial charge on any atom is 0.416 e. The fraction of sp³-hybridized carbons (Fsp3) is 0.450. The summed E-state index contributed by atoms with van der Waals surface area (Å²) in [6, 6.07) is 3.12. The van der Waals surface area contributed by atoms with E-state index in [1.54, 1.807) is 11.8 Å². The molecule has 3 rings (SSSR count). The molecule has 2 amide bonds. The Kier molecular flexibility index (Phi) is 6.80. The molecule has 12 heteroatoms. The molecule has 1 saturated heterocycles. The molecule has 9 nitrogen and oxygen atoms in total. The standard InChI is InChI=1S/C20H23F3N6O3/c1-13-24-26-29(25-13)12-15-11-16(20(21,22)23)5-3-14(15)4-6-18(30)28-9-7-17(8-10-28)27(2)19(31)32/h3-6,11,17H,7-10,12H2,1-2H3,(H,31,32)/b6-4+. The number of aromatic nitrogens is 4. The van der Waals surface area contributed by atoms with E-state index in [4.69, 9.17) is 5.11 Å². The molecule has 32 heavy (non-hydrogen) atoms. The molecule has 0 spiro atoms. The van der Waals surface area contributed by atoms with E-state index in [1.165, 1.54) is 35.0 Å². The van der Waals surface area contributed by atoms with Crippen LogP contribution >= 0.6 is 0 Å². The highest BCUT2D eigenvalue weighted by Crippen LogP contribution is 2.31. The van der Waals surface area contributed by atoms with Crippen LogP contribution in [0.1, 0.15) is 35.4 Å². The molecule has 2 heterocycles. The van der Waals surface area contributed by atoms with E-state index in [1.807, 2.05) is 0 Å². The van der Waals surface area contributed by atoms with Gasteiger partial charge in [-0.15, -0.1) is 10.2 Å². The van der Waals surface area contributed by atoms with E-state index in [-0.39, 0.29) is 18.5 Å². The fourth-order valence-corrected chi connectivity index (χ4v) is 3.52. The van der Waals surface area contributed by atoms with Crippen LogP contribution in [0.2, 0.25) is 0 Å². The summed E-state index contributed by atoms with van der Waals surface area (Å²) in [7, 11) is 1.50. The van der Waals surface area contributed by atoms with Crippen molar-refractivity contribution < 1.29 is 27.9 Å². The Bertz CT molecular complexity index is 1010. The number of amides is 2. The summed E-state index contributed by atoms with van der Waals surface area (Å²) in [5, 5.41) is 20.6. The molecule has 0 saturated carbocycles. The van der Waals surface area contributed by atoms with Gasteiger partial charge in [-0.2, -0.15) is 18.0 Å². The van der Waals surface area contributed by atoms with Gasteiger partial charge >= 0.3 is 12.3 Å². The maximum atomic E-state index is 13.2. The Morgan fingerprint density at radius 2 is 1.97 bits per heavy atom. The predicted molar refractivity (Wildman–Crippen MR) is 108 cm³/mol. The van der Waals surface area contributed by atoms with Crippen LogP contribution in [0.4, 0.5) is 18.0 Å². The zero-order valence-electron chi connectivity index (χ0n) is 17.6. The smallest absolute Gasteiger partial charge is 0.416 e. The number of carboxylic acid groups (broad SMARTS) is 1. The lowest BCUT2D eigenvalue weighted by Gasteiger charge is -2.35. The summed E-state index contributed by atoms with van der Waals surface area (Å²) in [4.78, 5) is 27.7. The Morgan fingerprint density at radius 3 is 2.53 bits per heavy atom. The van der Waals surface area contributed by atoms with Gasteiger partial charge in [-0.25, -0.2) is 4.79 Å². The van der Waals surface area contributed by atoms with Gasteiger partial charge in [0.15, 0.2) is 5.82 Å². The number of aryl methyl sites for hydroxylation is 1. The van der Waals surface area contributed by atoms with Crippen molar-refractivity contribution in [2.75, 3.05) is 20.1 Å². The van der Waals surface area contributed by atoms with Crippen molar-refractivity contribution in [3.63, 3.8) is 0 Å². The van der Waals surface area contributed by atoms with Crippen LogP contribution in [0.25, 0.3) is 6.08 Å². The topological polar surface area (TPSA) is 104 Å². The lowest BCUT2D eigenvalue weighted by atomic mass is 10.0. The molecule has 1 aromatic carbocycles. The minimum absolute atomic E-state index is 0.0362. The van der Waals surface area contributed by atoms with Crippen molar-refractivity contribution in [1.82, 2.24) is 30.0 Å². The molecule has 0 bridgehead atoms. The number of likely N-dealkylation sites (tertiary alicyclic amines) is 1. The number of carbonyl (C=O) groups excluding carboxylic acids is 1. The van der Waals surface area contributed by atoms with Crippen LogP contribution in [0, 0.1) is 6.92 Å². The van der Waals surface area contributed by atoms with Gasteiger partial charge in [-0.1, -0.05) is 6.07 Å². The normalized spacial score (nSPS) is 15.3. The average molecular weight is 452 g/mol. The van der Waals surface area contributed by atoms with Crippen LogP contribution in [-0.4, -0.2) is 73.3 Å². The Labute approximate surface area is 182 Å². The van der Waals surface area contributed by atoms with Crippen LogP contribution in [0.15, 0.2) is 24.3 Å². The van der Waals surface area contributed by atoms with E-state index in [9.17, 15) is 22.8 Å². The predicted octanol–water partition coefficient (Wildman–Crippen LogP) is 2.66. The molecule has 0 atom stereocenters. The number of carbonyl (C=O) groups is 2. The van der Waals surface area contributed by atoms with E-state index in [0.717, 1.165) is 12.1 Å². The highest BCUT2D eigenvalue weighted by atomic mass is 19.4. The van der Waals surface area contributed by atoms with Gasteiger partial charge in [-0.05, 0) is 54.3 Å². The minimum Gasteiger partial charge on any atom is -0.465 e. The fourth-order valence-electron chi connectivity index (χ4n) is 3.52. The van der Waals surface area contributed by atoms with E-state index < -0.39 is 17.8 Å². The van der Waals surface area contributed by atoms with Crippen LogP contribution < -0.4 is 0 Å². The monoisotopic (exact) mass is 452 g/mol. The van der Waals surface area contributed by atoms with Crippen LogP contribution in [0.3, 0.4) is 0 Å². The first kappa shape index (κ1) is 23.2. The molecule has 0 radical (unpaired) electrons. The highest BCUT2D eigenvalue weighted by Gasteiger charge is 2.31. The Balaban J connectivity index is 1.74. The molecule has 1 N–H and O–H groups in total. The quantitative estimate of drug-likeness (QED) is 0.700. The van der Waals surface area contributed by atoms with Gasteiger partial charge < -0.3 is 14.9 Å². The third-order valence-electron chi connectivity index (χ3n) is 5.37. The minimum atomic E-state index is -4.51. The lowest BCUT2D eigenvalue weighted by molar-refractivity contribution is -0.137. The van der Waals surface area contributed by atoms with Crippen LogP contribution in [-0.2, 0) is 17.5 Å². The zero-order chi connectivity index (χ0) is 23.5. The second-order valence-corrected chi connectivity index (χ2v) is 7.56. The largest absolute Gasteiger partial charge is 0.465 e. The van der Waals surface area contributed by atoms with Crippen molar-refractivity contribution in [2.24, 2.45) is 0 Å². The maximum absolute atomic E-state index is 13.2. The SMILES string of the molecule is Cc1nnn(Cc2cc(C(F)(F)F)ccc2/C=C/C(=O)N2CCC(N(C)C(=O)O)CC2)n1. The number of benzene rings is 1. The first-order valence-corrected chi connectivity index (χ1v) is 9.92. The summed E-state index contributed by atoms with van der Waals surface area (Å²) in [6.07, 6.45) is -1.70. The molecule has 1 aromatic heterocycles. The van der Waals surface area contributed by atoms with Gasteiger partial charge in [0, 0.05) is 32.3 Å². The van der Waals surface area contributed by atoms with Gasteiger partial charge in [0.05, 0.1) is 12.1 Å². The van der Waals surface area contributed by atoms with Crippen molar-refractivity contribution >= 4 is 18.1 Å². The third-order valence-corrected chi connectivity index (χ3v) is 5.37. The second-order valence-electron chi connectivity index (χ2n) is 7.56. The van der Waals surface area contributed by atoms with Crippen LogP contribution in [0.5, 0.6) is 0 Å². The number of tetrazole rings is 1. The molecule has 1 aliphatic heterocycles. The number of piperidine rings is 1. The first-order valence-electron chi connectivity index (χ1n) is 9.92. The molecule has 1 fully saturated rings. The summed E-state index contributed by atoms with van der Waals surface area (Å²) in [5.41, 5.74) is -0.0812. The molecular weight excluding hydrogens is 429 g/mol. The number of hydrogen-bond donors (Lipinski definition) is 1. The van der Waals surface area contributed by atoms with Gasteiger partial charge in [0.25, 0.3) is 0 Å². The van der Waals surface area contributed by atoms with Gasteiger partial charge in [0.2, 0.25) is 5.91 Å². The first-order chi connectivity index (χ1) is 15.0. The molecule has 2 aromatic rings. The summed E-state index contributed by atoms with van der Waals surface area (Å²) >= 11 is 0. The van der Waals surface area contributed by atoms with Crippen molar-refractivity contribution in [2.45, 2.75) is 38.5 Å². The van der Waals surface area contributed by atoms with E-state index in [0.29, 0.717) is 42.9 Å². The van der Waals surface area contributed by atoms with Gasteiger partial charge in [-0.3, -0.25) is 4.79 Å². The summed E-state index contributed by atoms with van der Waals surface area (Å²) in [6.45, 7) is 2.37. The molecule has 0 aliphatic carbocycles. The second kappa shape index (κ2) is 9.37. The van der Waals surface area contributed by atoms with Crippen molar-refractivity contribution in [3.8, 4) is 0 Å². The Hall–Kier alpha value is -3.44. The van der Waals surface area contributed by atoms with E-state index in [2.05, 4.69) is 15.4 Å². The highest BCUT2D eigenvalue weighted by molar-refractivity contribution is 5.92. The number of hydrogen-bond acceptors (Lipinski definition) is 5. The number of alkyl halides is 3. The Morgan fingerprint density at radius 1 is 1.28 bits per heavy atom. The molecule has 172 valence electrons. The number of rotatable bonds is 5. The van der Waals surface area contributed by atoms with Crippen molar-refractivity contribution in [1.29, 1.82) is 0 Å². The zero-order valence-corrected chi connectivity index (χ0v) is 17.6. The lowest BCUT2D eigenvalue weighted by Crippen LogP contribution is -2.46. The number of halogens is 3. The average Bonchev–Trinajstić information content (AvgIpc) is 3.15. The molecule has 0 unspecified atom stereocenters. The van der Waals surface area contributed by atoms with Gasteiger partial charge in [0.1, 0.15) is 0 Å². The van der Waals surface area contributed by atoms with Crippen molar-refractivity contribution in [3.05, 3.63) is 46.8 Å². The summed E-state index contributed by atoms with van der Waals surface area (Å²) in [5.74, 6) is 0.100. The van der Waals surface area contributed by atoms with E-state index >= 15 is 0 Å².